The van der Waals surface area contributed by atoms with E-state index in [0.29, 0.717) is 0 Å². The second-order valence-corrected chi connectivity index (χ2v) is 6.43. The molecule has 0 bridgehead atoms. The first-order valence-electron chi connectivity index (χ1n) is 8.28. The fourth-order valence-electron chi connectivity index (χ4n) is 4.14. The van der Waals surface area contributed by atoms with E-state index in [1.54, 1.807) is 7.11 Å². The van der Waals surface area contributed by atoms with Crippen molar-refractivity contribution in [3.05, 3.63) is 101 Å². The number of carbonyl (C=O) groups excluding carboxylic acids is 1. The number of epoxide rings is 1. The molecule has 0 radical (unpaired) electrons. The zero-order valence-electron chi connectivity index (χ0n) is 13.7. The van der Waals surface area contributed by atoms with Gasteiger partial charge in [-0.25, -0.2) is 0 Å². The number of hydrogen-bond donors (Lipinski definition) is 0. The van der Waals surface area contributed by atoms with Gasteiger partial charge in [-0.3, -0.25) is 4.79 Å². The summed E-state index contributed by atoms with van der Waals surface area (Å²) < 4.78 is 11.6. The number of Topliss-reactive ketones (excluding diaryl/α,β-unsaturated/α-hetero) is 1. The number of rotatable bonds is 3. The average molecular weight is 328 g/mol. The Morgan fingerprint density at radius 1 is 0.760 bits per heavy atom. The summed E-state index contributed by atoms with van der Waals surface area (Å²) >= 11 is 0. The van der Waals surface area contributed by atoms with Crippen molar-refractivity contribution in [3.8, 4) is 5.75 Å². The summed E-state index contributed by atoms with van der Waals surface area (Å²) in [6.45, 7) is 0. The minimum absolute atomic E-state index is 0.0251. The molecule has 3 aromatic rings. The summed E-state index contributed by atoms with van der Waals surface area (Å²) in [6, 6.07) is 25.3. The highest BCUT2D eigenvalue weighted by molar-refractivity contribution is 6.12. The first kappa shape index (κ1) is 14.4. The number of fused-ring (bicyclic) bond motifs is 3. The van der Waals surface area contributed by atoms with Gasteiger partial charge in [0.05, 0.1) is 7.11 Å². The van der Waals surface area contributed by atoms with Crippen molar-refractivity contribution < 1.29 is 14.3 Å². The molecular weight excluding hydrogens is 312 g/mol. The lowest BCUT2D eigenvalue weighted by Gasteiger charge is -2.14. The molecule has 2 atom stereocenters. The van der Waals surface area contributed by atoms with Crippen LogP contribution in [0.1, 0.15) is 27.0 Å². The molecule has 0 saturated carbocycles. The lowest BCUT2D eigenvalue weighted by Crippen LogP contribution is -2.24. The Hall–Kier alpha value is -2.91. The molecule has 3 nitrogen and oxygen atoms in total. The van der Waals surface area contributed by atoms with E-state index in [0.717, 1.165) is 28.0 Å². The molecule has 0 spiro atoms. The zero-order valence-corrected chi connectivity index (χ0v) is 13.7. The van der Waals surface area contributed by atoms with Crippen LogP contribution in [0.4, 0.5) is 0 Å². The second-order valence-electron chi connectivity index (χ2n) is 6.43. The first-order valence-corrected chi connectivity index (χ1v) is 8.28. The highest BCUT2D eigenvalue weighted by Gasteiger charge is 2.81. The van der Waals surface area contributed by atoms with Gasteiger partial charge >= 0.3 is 0 Å². The van der Waals surface area contributed by atoms with Crippen LogP contribution in [-0.2, 0) is 15.9 Å². The maximum Gasteiger partial charge on any atom is 0.203 e. The molecule has 122 valence electrons. The fourth-order valence-corrected chi connectivity index (χ4v) is 4.14. The zero-order chi connectivity index (χ0) is 17.1. The molecule has 3 aromatic carbocycles. The van der Waals surface area contributed by atoms with Crippen molar-refractivity contribution >= 4 is 5.78 Å². The lowest BCUT2D eigenvalue weighted by molar-refractivity contribution is 0.0868. The molecule has 0 N–H and O–H groups in total. The molecule has 0 aromatic heterocycles. The Morgan fingerprint density at radius 3 is 2.12 bits per heavy atom. The van der Waals surface area contributed by atoms with E-state index in [4.69, 9.17) is 9.47 Å². The van der Waals surface area contributed by atoms with Crippen LogP contribution in [0.5, 0.6) is 5.75 Å². The molecule has 3 heteroatoms. The summed E-state index contributed by atoms with van der Waals surface area (Å²) in [4.78, 5) is 13.3. The van der Waals surface area contributed by atoms with Gasteiger partial charge in [0, 0.05) is 11.1 Å². The van der Waals surface area contributed by atoms with Crippen molar-refractivity contribution in [2.45, 2.75) is 11.2 Å². The van der Waals surface area contributed by atoms with Gasteiger partial charge < -0.3 is 9.47 Å². The van der Waals surface area contributed by atoms with Crippen molar-refractivity contribution in [2.24, 2.45) is 0 Å². The molecule has 1 aliphatic heterocycles. The van der Waals surface area contributed by atoms with Crippen LogP contribution in [0.15, 0.2) is 78.9 Å². The largest absolute Gasteiger partial charge is 0.497 e. The molecule has 2 aliphatic rings. The lowest BCUT2D eigenvalue weighted by atomic mass is 9.81. The molecule has 1 fully saturated rings. The Kier molecular flexibility index (Phi) is 2.77. The molecule has 1 saturated heterocycles. The van der Waals surface area contributed by atoms with E-state index in [9.17, 15) is 4.79 Å². The average Bonchev–Trinajstić information content (AvgIpc) is 3.35. The quantitative estimate of drug-likeness (QED) is 0.681. The second kappa shape index (κ2) is 4.80. The normalized spacial score (nSPS) is 26.0. The summed E-state index contributed by atoms with van der Waals surface area (Å²) in [5, 5.41) is 0. The van der Waals surface area contributed by atoms with Gasteiger partial charge in [-0.15, -0.1) is 0 Å². The highest BCUT2D eigenvalue weighted by Crippen LogP contribution is 2.71. The number of carbonyl (C=O) groups is 1. The third-order valence-corrected chi connectivity index (χ3v) is 5.31. The Morgan fingerprint density at radius 2 is 1.40 bits per heavy atom. The van der Waals surface area contributed by atoms with Crippen LogP contribution < -0.4 is 4.74 Å². The van der Waals surface area contributed by atoms with Crippen molar-refractivity contribution in [3.63, 3.8) is 0 Å². The third-order valence-electron chi connectivity index (χ3n) is 5.31. The van der Waals surface area contributed by atoms with E-state index < -0.39 is 11.2 Å². The number of hydrogen-bond acceptors (Lipinski definition) is 3. The third kappa shape index (κ3) is 1.61. The predicted octanol–water partition coefficient (Wildman–Crippen LogP) is 4.06. The molecule has 1 heterocycles. The summed E-state index contributed by atoms with van der Waals surface area (Å²) in [5.74, 6) is 0.784. The minimum atomic E-state index is -0.982. The van der Waals surface area contributed by atoms with Gasteiger partial charge in [-0.05, 0) is 23.3 Å². The van der Waals surface area contributed by atoms with Crippen LogP contribution in [0, 0.1) is 0 Å². The maximum atomic E-state index is 13.3. The van der Waals surface area contributed by atoms with Gasteiger partial charge in [0.1, 0.15) is 5.75 Å². The highest BCUT2D eigenvalue weighted by atomic mass is 16.6. The van der Waals surface area contributed by atoms with E-state index in [1.165, 1.54) is 0 Å². The number of ketones is 1. The summed E-state index contributed by atoms with van der Waals surface area (Å²) in [7, 11) is 1.63. The van der Waals surface area contributed by atoms with Crippen molar-refractivity contribution in [1.82, 2.24) is 0 Å². The molecule has 1 aliphatic carbocycles. The smallest absolute Gasteiger partial charge is 0.203 e. The maximum absolute atomic E-state index is 13.3. The Labute approximate surface area is 145 Å². The summed E-state index contributed by atoms with van der Waals surface area (Å²) in [6.07, 6.45) is 0. The first-order chi connectivity index (χ1) is 12.2. The number of methoxy groups -OCH3 is 1. The SMILES string of the molecule is COc1ccc(C23OC2(c2ccccc2)c2ccccc2C3=O)cc1. The molecule has 0 amide bonds. The van der Waals surface area contributed by atoms with E-state index in [1.807, 2.05) is 78.9 Å². The summed E-state index contributed by atoms with van der Waals surface area (Å²) in [5.41, 5.74) is 1.83. The minimum Gasteiger partial charge on any atom is -0.497 e. The predicted molar refractivity (Wildman–Crippen MR) is 93.8 cm³/mol. The molecule has 2 unspecified atom stereocenters. The van der Waals surface area contributed by atoms with E-state index in [-0.39, 0.29) is 5.78 Å². The van der Waals surface area contributed by atoms with Crippen LogP contribution in [-0.4, -0.2) is 12.9 Å². The Bertz CT molecular complexity index is 978. The number of benzene rings is 3. The monoisotopic (exact) mass is 328 g/mol. The van der Waals surface area contributed by atoms with Gasteiger partial charge in [-0.1, -0.05) is 66.7 Å². The van der Waals surface area contributed by atoms with Gasteiger partial charge in [0.2, 0.25) is 5.78 Å². The van der Waals surface area contributed by atoms with Crippen molar-refractivity contribution in [1.29, 1.82) is 0 Å². The van der Waals surface area contributed by atoms with Gasteiger partial charge in [0.25, 0.3) is 0 Å². The fraction of sp³-hybridized carbons (Fsp3) is 0.136. The van der Waals surface area contributed by atoms with Crippen LogP contribution in [0.25, 0.3) is 0 Å². The van der Waals surface area contributed by atoms with Gasteiger partial charge in [0.15, 0.2) is 11.2 Å². The number of ether oxygens (including phenoxy) is 2. The molecular formula is C22H16O3. The van der Waals surface area contributed by atoms with Crippen molar-refractivity contribution in [2.75, 3.05) is 7.11 Å². The standard InChI is InChI=1S/C22H16O3/c1-24-17-13-11-16(12-14-17)22-20(23)18-9-5-6-10-19(18)21(22,25-22)15-7-3-2-4-8-15/h2-14H,1H3. The topological polar surface area (TPSA) is 38.8 Å². The van der Waals surface area contributed by atoms with Crippen LogP contribution in [0.2, 0.25) is 0 Å². The molecule has 5 rings (SSSR count). The molecule has 25 heavy (non-hydrogen) atoms. The van der Waals surface area contributed by atoms with Crippen LogP contribution in [0.3, 0.4) is 0 Å². The Balaban J connectivity index is 1.76. The van der Waals surface area contributed by atoms with Gasteiger partial charge in [-0.2, -0.15) is 0 Å². The van der Waals surface area contributed by atoms with E-state index in [2.05, 4.69) is 0 Å². The van der Waals surface area contributed by atoms with Crippen LogP contribution >= 0.6 is 0 Å². The van der Waals surface area contributed by atoms with E-state index >= 15 is 0 Å².